The van der Waals surface area contributed by atoms with E-state index in [0.717, 1.165) is 22.8 Å². The van der Waals surface area contributed by atoms with Crippen LogP contribution in [0.3, 0.4) is 0 Å². The summed E-state index contributed by atoms with van der Waals surface area (Å²) in [7, 11) is 0. The van der Waals surface area contributed by atoms with E-state index in [2.05, 4.69) is 15.5 Å². The van der Waals surface area contributed by atoms with Crippen molar-refractivity contribution in [1.29, 1.82) is 0 Å². The first kappa shape index (κ1) is 14.7. The lowest BCUT2D eigenvalue weighted by atomic mass is 9.96. The number of aromatic nitrogens is 3. The van der Waals surface area contributed by atoms with Gasteiger partial charge in [-0.25, -0.2) is 0 Å². The van der Waals surface area contributed by atoms with Gasteiger partial charge in [0.2, 0.25) is 5.91 Å². The molecule has 0 spiro atoms. The molecule has 3 heterocycles. The predicted octanol–water partition coefficient (Wildman–Crippen LogP) is 2.16. The molecule has 0 saturated carbocycles. The SMILES string of the molecule is CC(NC(=O)C1COc2ccccc2C1)c1nnc2ccccn12. The summed E-state index contributed by atoms with van der Waals surface area (Å²) in [6.07, 6.45) is 2.59. The fraction of sp³-hybridized carbons (Fsp3) is 0.278. The minimum atomic E-state index is -0.230. The standard InChI is InChI=1S/C18H18N4O2/c1-12(17-21-20-16-8-4-5-9-22(16)17)19-18(23)14-10-13-6-2-3-7-15(13)24-11-14/h2-9,12,14H,10-11H2,1H3,(H,19,23). The van der Waals surface area contributed by atoms with Gasteiger partial charge in [0.15, 0.2) is 11.5 Å². The van der Waals surface area contributed by atoms with Crippen LogP contribution in [0.5, 0.6) is 5.75 Å². The molecule has 1 aliphatic rings. The summed E-state index contributed by atoms with van der Waals surface area (Å²) in [4.78, 5) is 12.6. The van der Waals surface area contributed by atoms with Gasteiger partial charge < -0.3 is 10.1 Å². The zero-order valence-corrected chi connectivity index (χ0v) is 13.3. The topological polar surface area (TPSA) is 68.5 Å². The molecular formula is C18H18N4O2. The second kappa shape index (κ2) is 5.96. The summed E-state index contributed by atoms with van der Waals surface area (Å²) < 4.78 is 7.59. The molecule has 2 atom stereocenters. The quantitative estimate of drug-likeness (QED) is 0.802. The minimum Gasteiger partial charge on any atom is -0.492 e. The van der Waals surface area contributed by atoms with Crippen LogP contribution < -0.4 is 10.1 Å². The normalized spacial score (nSPS) is 17.8. The fourth-order valence-corrected chi connectivity index (χ4v) is 3.05. The number of hydrogen-bond acceptors (Lipinski definition) is 4. The average molecular weight is 322 g/mol. The number of ether oxygens (including phenoxy) is 1. The average Bonchev–Trinajstić information content (AvgIpc) is 3.05. The third kappa shape index (κ3) is 2.60. The Kier molecular flexibility index (Phi) is 3.65. The van der Waals surface area contributed by atoms with Crippen LogP contribution in [0, 0.1) is 5.92 Å². The number of para-hydroxylation sites is 1. The van der Waals surface area contributed by atoms with E-state index in [0.29, 0.717) is 13.0 Å². The van der Waals surface area contributed by atoms with Crippen molar-refractivity contribution in [2.24, 2.45) is 5.92 Å². The summed E-state index contributed by atoms with van der Waals surface area (Å²) in [5.74, 6) is 1.38. The molecule has 0 fully saturated rings. The molecule has 2 aromatic heterocycles. The van der Waals surface area contributed by atoms with Gasteiger partial charge in [0, 0.05) is 6.20 Å². The Labute approximate surface area is 139 Å². The van der Waals surface area contributed by atoms with E-state index in [-0.39, 0.29) is 17.9 Å². The Morgan fingerprint density at radius 1 is 1.25 bits per heavy atom. The number of carbonyl (C=O) groups is 1. The van der Waals surface area contributed by atoms with Crippen molar-refractivity contribution < 1.29 is 9.53 Å². The maximum Gasteiger partial charge on any atom is 0.227 e. The summed E-state index contributed by atoms with van der Waals surface area (Å²) in [5, 5.41) is 11.4. The molecule has 122 valence electrons. The third-order valence-corrected chi connectivity index (χ3v) is 4.34. The van der Waals surface area contributed by atoms with Gasteiger partial charge in [0.05, 0.1) is 12.0 Å². The molecule has 6 nitrogen and oxygen atoms in total. The zero-order valence-electron chi connectivity index (χ0n) is 13.3. The first-order valence-corrected chi connectivity index (χ1v) is 8.03. The predicted molar refractivity (Wildman–Crippen MR) is 88.7 cm³/mol. The van der Waals surface area contributed by atoms with E-state index in [9.17, 15) is 4.79 Å². The second-order valence-corrected chi connectivity index (χ2v) is 6.04. The number of amides is 1. The third-order valence-electron chi connectivity index (χ3n) is 4.34. The number of hydrogen-bond donors (Lipinski definition) is 1. The second-order valence-electron chi connectivity index (χ2n) is 6.04. The van der Waals surface area contributed by atoms with Crippen LogP contribution in [-0.2, 0) is 11.2 Å². The van der Waals surface area contributed by atoms with Crippen molar-refractivity contribution >= 4 is 11.6 Å². The number of pyridine rings is 1. The van der Waals surface area contributed by atoms with Gasteiger partial charge in [0.25, 0.3) is 0 Å². The highest BCUT2D eigenvalue weighted by Gasteiger charge is 2.27. The van der Waals surface area contributed by atoms with Crippen LogP contribution in [0.1, 0.15) is 24.4 Å². The van der Waals surface area contributed by atoms with Crippen LogP contribution in [0.25, 0.3) is 5.65 Å². The molecule has 0 aliphatic carbocycles. The maximum absolute atomic E-state index is 12.6. The molecule has 1 aromatic carbocycles. The smallest absolute Gasteiger partial charge is 0.227 e. The Balaban J connectivity index is 1.48. The highest BCUT2D eigenvalue weighted by molar-refractivity contribution is 5.80. The number of benzene rings is 1. The van der Waals surface area contributed by atoms with Gasteiger partial charge in [-0.15, -0.1) is 10.2 Å². The van der Waals surface area contributed by atoms with Crippen molar-refractivity contribution in [2.75, 3.05) is 6.61 Å². The summed E-state index contributed by atoms with van der Waals surface area (Å²) >= 11 is 0. The molecule has 4 rings (SSSR count). The maximum atomic E-state index is 12.6. The number of carbonyl (C=O) groups excluding carboxylic acids is 1. The van der Waals surface area contributed by atoms with E-state index >= 15 is 0 Å². The van der Waals surface area contributed by atoms with Gasteiger partial charge in [-0.05, 0) is 37.1 Å². The molecule has 0 saturated heterocycles. The Hall–Kier alpha value is -2.89. The Morgan fingerprint density at radius 2 is 2.08 bits per heavy atom. The first-order valence-electron chi connectivity index (χ1n) is 8.03. The lowest BCUT2D eigenvalue weighted by molar-refractivity contribution is -0.127. The highest BCUT2D eigenvalue weighted by atomic mass is 16.5. The zero-order chi connectivity index (χ0) is 16.5. The van der Waals surface area contributed by atoms with Gasteiger partial charge >= 0.3 is 0 Å². The molecule has 0 bridgehead atoms. The Morgan fingerprint density at radius 3 is 3.00 bits per heavy atom. The van der Waals surface area contributed by atoms with Crippen LogP contribution in [0.15, 0.2) is 48.7 Å². The van der Waals surface area contributed by atoms with Crippen LogP contribution >= 0.6 is 0 Å². The van der Waals surface area contributed by atoms with Crippen molar-refractivity contribution in [3.05, 3.63) is 60.0 Å². The molecule has 1 aliphatic heterocycles. The highest BCUT2D eigenvalue weighted by Crippen LogP contribution is 2.27. The lowest BCUT2D eigenvalue weighted by Crippen LogP contribution is -2.39. The number of nitrogens with zero attached hydrogens (tertiary/aromatic N) is 3. The van der Waals surface area contributed by atoms with E-state index in [1.54, 1.807) is 0 Å². The van der Waals surface area contributed by atoms with E-state index in [4.69, 9.17) is 4.74 Å². The fourth-order valence-electron chi connectivity index (χ4n) is 3.05. The monoisotopic (exact) mass is 322 g/mol. The molecule has 1 amide bonds. The van der Waals surface area contributed by atoms with Crippen molar-refractivity contribution in [1.82, 2.24) is 19.9 Å². The summed E-state index contributed by atoms with van der Waals surface area (Å²) in [5.41, 5.74) is 1.84. The molecular weight excluding hydrogens is 304 g/mol. The Bertz CT molecular complexity index is 889. The van der Waals surface area contributed by atoms with Crippen LogP contribution in [-0.4, -0.2) is 27.1 Å². The van der Waals surface area contributed by atoms with Gasteiger partial charge in [-0.3, -0.25) is 9.20 Å². The van der Waals surface area contributed by atoms with E-state index < -0.39 is 0 Å². The van der Waals surface area contributed by atoms with Crippen LogP contribution in [0.4, 0.5) is 0 Å². The lowest BCUT2D eigenvalue weighted by Gasteiger charge is -2.25. The van der Waals surface area contributed by atoms with Gasteiger partial charge in [-0.2, -0.15) is 0 Å². The van der Waals surface area contributed by atoms with E-state index in [1.165, 1.54) is 0 Å². The van der Waals surface area contributed by atoms with Crippen molar-refractivity contribution in [3.8, 4) is 5.75 Å². The largest absolute Gasteiger partial charge is 0.492 e. The van der Waals surface area contributed by atoms with Crippen molar-refractivity contribution in [2.45, 2.75) is 19.4 Å². The number of rotatable bonds is 3. The number of nitrogens with one attached hydrogen (secondary N) is 1. The summed E-state index contributed by atoms with van der Waals surface area (Å²) in [6, 6.07) is 13.3. The molecule has 24 heavy (non-hydrogen) atoms. The minimum absolute atomic E-state index is 0.0234. The molecule has 2 unspecified atom stereocenters. The van der Waals surface area contributed by atoms with Gasteiger partial charge in [0.1, 0.15) is 12.4 Å². The van der Waals surface area contributed by atoms with Crippen LogP contribution in [0.2, 0.25) is 0 Å². The summed E-state index contributed by atoms with van der Waals surface area (Å²) in [6.45, 7) is 2.31. The van der Waals surface area contributed by atoms with E-state index in [1.807, 2.05) is 60.0 Å². The molecule has 3 aromatic rings. The number of fused-ring (bicyclic) bond motifs is 2. The molecule has 6 heteroatoms. The van der Waals surface area contributed by atoms with Gasteiger partial charge in [-0.1, -0.05) is 24.3 Å². The first-order chi connectivity index (χ1) is 11.7. The van der Waals surface area contributed by atoms with Crippen molar-refractivity contribution in [3.63, 3.8) is 0 Å². The molecule has 0 radical (unpaired) electrons. The molecule has 1 N–H and O–H groups in total.